The molecule has 0 unspecified atom stereocenters. The van der Waals surface area contributed by atoms with Gasteiger partial charge in [-0.3, -0.25) is 9.59 Å². The molecule has 1 heterocycles. The van der Waals surface area contributed by atoms with Gasteiger partial charge in [-0.2, -0.15) is 0 Å². The molecule has 0 saturated carbocycles. The maximum absolute atomic E-state index is 12.7. The molecule has 0 atom stereocenters. The van der Waals surface area contributed by atoms with Crippen LogP contribution in [0.15, 0.2) is 36.4 Å². The van der Waals surface area contributed by atoms with Crippen LogP contribution in [0.2, 0.25) is 0 Å². The third-order valence-corrected chi connectivity index (χ3v) is 4.70. The summed E-state index contributed by atoms with van der Waals surface area (Å²) in [4.78, 5) is 26.7. The number of benzene rings is 2. The number of nitrogens with one attached hydrogen (secondary N) is 1. The van der Waals surface area contributed by atoms with Crippen molar-refractivity contribution in [1.82, 2.24) is 0 Å². The summed E-state index contributed by atoms with van der Waals surface area (Å²) in [7, 11) is 4.62. The summed E-state index contributed by atoms with van der Waals surface area (Å²) in [6.07, 6.45) is 2.36. The standard InChI is InChI=1S/C21H24N2O5/c1-26-17-10-8-15(13-16(17)23-11-5-4-6-20(23)24)22-21(25)14-7-9-18(27-2)19(12-14)28-3/h7-10,12-13H,4-6,11H2,1-3H3,(H,22,25). The number of amides is 2. The van der Waals surface area contributed by atoms with Crippen LogP contribution < -0.4 is 24.4 Å². The summed E-state index contributed by atoms with van der Waals surface area (Å²) in [5.41, 5.74) is 1.68. The van der Waals surface area contributed by atoms with Crippen LogP contribution >= 0.6 is 0 Å². The summed E-state index contributed by atoms with van der Waals surface area (Å²) in [5, 5.41) is 2.86. The Hall–Kier alpha value is -3.22. The van der Waals surface area contributed by atoms with Gasteiger partial charge in [0.1, 0.15) is 5.75 Å². The topological polar surface area (TPSA) is 77.1 Å². The van der Waals surface area contributed by atoms with E-state index >= 15 is 0 Å². The third-order valence-electron chi connectivity index (χ3n) is 4.70. The molecular formula is C21H24N2O5. The number of ether oxygens (including phenoxy) is 3. The van der Waals surface area contributed by atoms with Crippen molar-refractivity contribution in [3.05, 3.63) is 42.0 Å². The van der Waals surface area contributed by atoms with E-state index in [9.17, 15) is 9.59 Å². The minimum atomic E-state index is -0.290. The number of carbonyl (C=O) groups is 2. The minimum absolute atomic E-state index is 0.0629. The largest absolute Gasteiger partial charge is 0.495 e. The van der Waals surface area contributed by atoms with Crippen molar-refractivity contribution in [3.63, 3.8) is 0 Å². The predicted octanol–water partition coefficient (Wildman–Crippen LogP) is 3.48. The molecule has 0 aromatic heterocycles. The lowest BCUT2D eigenvalue weighted by Gasteiger charge is -2.28. The summed E-state index contributed by atoms with van der Waals surface area (Å²) in [6, 6.07) is 10.2. The van der Waals surface area contributed by atoms with E-state index in [4.69, 9.17) is 14.2 Å². The highest BCUT2D eigenvalue weighted by atomic mass is 16.5. The number of nitrogens with zero attached hydrogens (tertiary/aromatic N) is 1. The van der Waals surface area contributed by atoms with Crippen LogP contribution in [0.5, 0.6) is 17.2 Å². The van der Waals surface area contributed by atoms with Crippen molar-refractivity contribution in [3.8, 4) is 17.2 Å². The van der Waals surface area contributed by atoms with E-state index < -0.39 is 0 Å². The fourth-order valence-electron chi connectivity index (χ4n) is 3.22. The fourth-order valence-corrected chi connectivity index (χ4v) is 3.22. The van der Waals surface area contributed by atoms with E-state index in [-0.39, 0.29) is 11.8 Å². The Morgan fingerprint density at radius 3 is 2.32 bits per heavy atom. The Balaban J connectivity index is 1.85. The summed E-state index contributed by atoms with van der Waals surface area (Å²) in [6.45, 7) is 0.641. The molecule has 0 spiro atoms. The SMILES string of the molecule is COc1ccc(C(=O)Nc2ccc(OC)c(N3CCCCC3=O)c2)cc1OC. The molecule has 1 aliphatic rings. The maximum atomic E-state index is 12.7. The monoisotopic (exact) mass is 384 g/mol. The van der Waals surface area contributed by atoms with Gasteiger partial charge in [0.25, 0.3) is 5.91 Å². The summed E-state index contributed by atoms with van der Waals surface area (Å²) < 4.78 is 15.9. The highest BCUT2D eigenvalue weighted by molar-refractivity contribution is 6.05. The van der Waals surface area contributed by atoms with Gasteiger partial charge in [-0.1, -0.05) is 0 Å². The molecule has 1 aliphatic heterocycles. The lowest BCUT2D eigenvalue weighted by atomic mass is 10.1. The third kappa shape index (κ3) is 4.03. The van der Waals surface area contributed by atoms with Crippen molar-refractivity contribution in [2.45, 2.75) is 19.3 Å². The van der Waals surface area contributed by atoms with Crippen LogP contribution in [-0.2, 0) is 4.79 Å². The Labute approximate surface area is 164 Å². The van der Waals surface area contributed by atoms with Crippen LogP contribution in [-0.4, -0.2) is 39.7 Å². The number of anilines is 2. The lowest BCUT2D eigenvalue weighted by Crippen LogP contribution is -2.35. The lowest BCUT2D eigenvalue weighted by molar-refractivity contribution is -0.119. The van der Waals surface area contributed by atoms with E-state index in [0.29, 0.717) is 47.2 Å². The molecule has 7 heteroatoms. The Bertz CT molecular complexity index is 881. The minimum Gasteiger partial charge on any atom is -0.495 e. The number of methoxy groups -OCH3 is 3. The van der Waals surface area contributed by atoms with Crippen molar-refractivity contribution in [2.24, 2.45) is 0 Å². The Morgan fingerprint density at radius 2 is 1.64 bits per heavy atom. The highest BCUT2D eigenvalue weighted by Crippen LogP contribution is 2.34. The number of hydrogen-bond donors (Lipinski definition) is 1. The zero-order chi connectivity index (χ0) is 20.1. The second-order valence-electron chi connectivity index (χ2n) is 6.41. The molecule has 0 radical (unpaired) electrons. The van der Waals surface area contributed by atoms with Crippen molar-refractivity contribution in [1.29, 1.82) is 0 Å². The number of piperidine rings is 1. The highest BCUT2D eigenvalue weighted by Gasteiger charge is 2.23. The zero-order valence-corrected chi connectivity index (χ0v) is 16.3. The van der Waals surface area contributed by atoms with Crippen LogP contribution in [0.1, 0.15) is 29.6 Å². The van der Waals surface area contributed by atoms with E-state index in [1.54, 1.807) is 55.5 Å². The first-order valence-corrected chi connectivity index (χ1v) is 9.09. The normalized spacial score (nSPS) is 13.8. The van der Waals surface area contributed by atoms with Gasteiger partial charge >= 0.3 is 0 Å². The first-order valence-electron chi connectivity index (χ1n) is 9.09. The molecule has 1 N–H and O–H groups in total. The van der Waals surface area contributed by atoms with E-state index in [2.05, 4.69) is 5.32 Å². The van der Waals surface area contributed by atoms with Gasteiger partial charge in [0.05, 0.1) is 27.0 Å². The smallest absolute Gasteiger partial charge is 0.255 e. The number of carbonyl (C=O) groups excluding carboxylic acids is 2. The van der Waals surface area contributed by atoms with Crippen LogP contribution in [0, 0.1) is 0 Å². The quantitative estimate of drug-likeness (QED) is 0.825. The van der Waals surface area contributed by atoms with Crippen LogP contribution in [0.25, 0.3) is 0 Å². The maximum Gasteiger partial charge on any atom is 0.255 e. The molecule has 2 aromatic rings. The van der Waals surface area contributed by atoms with Crippen molar-refractivity contribution < 1.29 is 23.8 Å². The number of hydrogen-bond acceptors (Lipinski definition) is 5. The second-order valence-corrected chi connectivity index (χ2v) is 6.41. The predicted molar refractivity (Wildman–Crippen MR) is 107 cm³/mol. The van der Waals surface area contributed by atoms with Crippen LogP contribution in [0.4, 0.5) is 11.4 Å². The zero-order valence-electron chi connectivity index (χ0n) is 16.3. The van der Waals surface area contributed by atoms with Gasteiger partial charge in [-0.05, 0) is 49.2 Å². The van der Waals surface area contributed by atoms with Gasteiger partial charge in [-0.15, -0.1) is 0 Å². The molecule has 3 rings (SSSR count). The summed E-state index contributed by atoms with van der Waals surface area (Å²) in [5.74, 6) is 1.40. The van der Waals surface area contributed by atoms with Crippen LogP contribution in [0.3, 0.4) is 0 Å². The summed E-state index contributed by atoms with van der Waals surface area (Å²) >= 11 is 0. The number of rotatable bonds is 6. The van der Waals surface area contributed by atoms with E-state index in [1.807, 2.05) is 0 Å². The first-order chi connectivity index (χ1) is 13.6. The molecule has 1 saturated heterocycles. The van der Waals surface area contributed by atoms with Crippen molar-refractivity contribution in [2.75, 3.05) is 38.1 Å². The van der Waals surface area contributed by atoms with Crippen molar-refractivity contribution >= 4 is 23.2 Å². The van der Waals surface area contributed by atoms with Gasteiger partial charge < -0.3 is 24.4 Å². The molecule has 0 aliphatic carbocycles. The Morgan fingerprint density at radius 1 is 0.929 bits per heavy atom. The van der Waals surface area contributed by atoms with Gasteiger partial charge in [0.2, 0.25) is 5.91 Å². The second kappa shape index (κ2) is 8.65. The molecule has 7 nitrogen and oxygen atoms in total. The molecular weight excluding hydrogens is 360 g/mol. The fraction of sp³-hybridized carbons (Fsp3) is 0.333. The molecule has 28 heavy (non-hydrogen) atoms. The van der Waals surface area contributed by atoms with Gasteiger partial charge in [0.15, 0.2) is 11.5 Å². The Kier molecular flexibility index (Phi) is 6.03. The first kappa shape index (κ1) is 19.5. The van der Waals surface area contributed by atoms with Gasteiger partial charge in [0, 0.05) is 24.2 Å². The van der Waals surface area contributed by atoms with Gasteiger partial charge in [-0.25, -0.2) is 0 Å². The molecule has 2 aromatic carbocycles. The molecule has 148 valence electrons. The molecule has 1 fully saturated rings. The average Bonchev–Trinajstić information content (AvgIpc) is 2.73. The van der Waals surface area contributed by atoms with E-state index in [1.165, 1.54) is 7.11 Å². The van der Waals surface area contributed by atoms with E-state index in [0.717, 1.165) is 12.8 Å². The average molecular weight is 384 g/mol. The molecule has 2 amide bonds. The molecule has 0 bridgehead atoms.